The van der Waals surface area contributed by atoms with Gasteiger partial charge in [-0.1, -0.05) is 6.58 Å². The summed E-state index contributed by atoms with van der Waals surface area (Å²) in [5, 5.41) is 4.15. The van der Waals surface area contributed by atoms with E-state index in [1.165, 1.54) is 0 Å². The van der Waals surface area contributed by atoms with Crippen molar-refractivity contribution in [1.82, 2.24) is 14.6 Å². The highest BCUT2D eigenvalue weighted by molar-refractivity contribution is 5.86. The molecule has 1 aliphatic heterocycles. The molecule has 0 aliphatic carbocycles. The Hall–Kier alpha value is -2.94. The number of hydrogen-bond donors (Lipinski definition) is 2. The molecule has 28 heavy (non-hydrogen) atoms. The van der Waals surface area contributed by atoms with Gasteiger partial charge in [0.2, 0.25) is 5.90 Å². The molecule has 3 rings (SSSR count). The molecule has 0 bridgehead atoms. The minimum atomic E-state index is -0.524. The van der Waals surface area contributed by atoms with Crippen molar-refractivity contribution in [2.45, 2.75) is 38.3 Å². The molecule has 150 valence electrons. The molecule has 0 spiro atoms. The second kappa shape index (κ2) is 8.83. The lowest BCUT2D eigenvalue weighted by Gasteiger charge is -2.28. The number of rotatable bonds is 7. The van der Waals surface area contributed by atoms with E-state index in [9.17, 15) is 4.39 Å². The van der Waals surface area contributed by atoms with Gasteiger partial charge in [-0.25, -0.2) is 18.9 Å². The van der Waals surface area contributed by atoms with E-state index < -0.39 is 5.83 Å². The maximum atomic E-state index is 13.6. The van der Waals surface area contributed by atoms with Gasteiger partial charge in [-0.3, -0.25) is 0 Å². The van der Waals surface area contributed by atoms with Gasteiger partial charge in [0, 0.05) is 12.7 Å². The summed E-state index contributed by atoms with van der Waals surface area (Å²) in [6, 6.07) is 1.71. The lowest BCUT2D eigenvalue weighted by Crippen LogP contribution is -2.39. The zero-order valence-electron chi connectivity index (χ0n) is 16.0. The zero-order valence-corrected chi connectivity index (χ0v) is 16.0. The second-order valence-electron chi connectivity index (χ2n) is 6.70. The van der Waals surface area contributed by atoms with Crippen LogP contribution in [0.5, 0.6) is 0 Å². The van der Waals surface area contributed by atoms with E-state index >= 15 is 0 Å². The fourth-order valence-electron chi connectivity index (χ4n) is 3.21. The Morgan fingerprint density at radius 3 is 3.14 bits per heavy atom. The van der Waals surface area contributed by atoms with Crippen molar-refractivity contribution >= 4 is 23.1 Å². The van der Waals surface area contributed by atoms with Crippen LogP contribution in [0.3, 0.4) is 0 Å². The predicted octanol–water partition coefficient (Wildman–Crippen LogP) is 2.43. The van der Waals surface area contributed by atoms with Crippen LogP contribution < -0.4 is 16.4 Å². The summed E-state index contributed by atoms with van der Waals surface area (Å²) in [6.07, 6.45) is 7.92. The van der Waals surface area contributed by atoms with E-state index in [0.29, 0.717) is 30.2 Å². The highest BCUT2D eigenvalue weighted by Gasteiger charge is 2.32. The molecule has 0 aromatic carbocycles. The largest absolute Gasteiger partial charge is 0.476 e. The lowest BCUT2D eigenvalue weighted by atomic mass is 10.2. The zero-order chi connectivity index (χ0) is 20.1. The van der Waals surface area contributed by atoms with E-state index in [2.05, 4.69) is 26.6 Å². The van der Waals surface area contributed by atoms with E-state index in [1.54, 1.807) is 10.7 Å². The number of nitrogen functional groups attached to an aromatic ring is 1. The molecule has 2 atom stereocenters. The van der Waals surface area contributed by atoms with Crippen LogP contribution in [0.4, 0.5) is 15.9 Å². The van der Waals surface area contributed by atoms with Crippen LogP contribution >= 0.6 is 0 Å². The van der Waals surface area contributed by atoms with Crippen molar-refractivity contribution in [3.05, 3.63) is 43.1 Å². The van der Waals surface area contributed by atoms with Crippen LogP contribution in [0.25, 0.3) is 5.65 Å². The number of fused-ring (bicyclic) bond motifs is 1. The van der Waals surface area contributed by atoms with Gasteiger partial charge in [0.1, 0.15) is 17.7 Å². The first-order chi connectivity index (χ1) is 13.5. The number of anilines is 2. The standard InChI is InChI=1S/C19H26FN7O/c1-3-14(20)11-23-19(28-13(2)6-8-21)16-5-4-9-26(16)17-7-10-27-18(25-17)15(22)12-24-27/h3,7,10-13,16H,1,4-6,8-9,21-22H2,2H3/b14-11+,23-19?/t13-,16?/m0/s1. The number of ether oxygens (including phenoxy) is 1. The maximum absolute atomic E-state index is 13.6. The summed E-state index contributed by atoms with van der Waals surface area (Å²) in [6.45, 7) is 6.61. The molecule has 0 saturated carbocycles. The highest BCUT2D eigenvalue weighted by Crippen LogP contribution is 2.27. The fourth-order valence-corrected chi connectivity index (χ4v) is 3.21. The number of hydrogen-bond acceptors (Lipinski definition) is 7. The van der Waals surface area contributed by atoms with Crippen molar-refractivity contribution in [3.8, 4) is 0 Å². The molecule has 9 heteroatoms. The molecule has 2 aromatic rings. The Morgan fingerprint density at radius 1 is 1.57 bits per heavy atom. The average Bonchev–Trinajstić information content (AvgIpc) is 3.32. The van der Waals surface area contributed by atoms with E-state index in [1.807, 2.05) is 19.2 Å². The topological polar surface area (TPSA) is 107 Å². The van der Waals surface area contributed by atoms with Gasteiger partial charge in [0.25, 0.3) is 0 Å². The van der Waals surface area contributed by atoms with Crippen LogP contribution in [0, 0.1) is 0 Å². The van der Waals surface area contributed by atoms with Crippen molar-refractivity contribution in [2.24, 2.45) is 10.7 Å². The summed E-state index contributed by atoms with van der Waals surface area (Å²) in [5.41, 5.74) is 12.7. The van der Waals surface area contributed by atoms with Gasteiger partial charge in [-0.05, 0) is 44.9 Å². The van der Waals surface area contributed by atoms with Crippen LogP contribution in [0.1, 0.15) is 26.2 Å². The third-order valence-corrected chi connectivity index (χ3v) is 4.62. The molecule has 1 saturated heterocycles. The maximum Gasteiger partial charge on any atom is 0.211 e. The minimum Gasteiger partial charge on any atom is -0.476 e. The Kier molecular flexibility index (Phi) is 6.25. The molecule has 4 N–H and O–H groups in total. The van der Waals surface area contributed by atoms with Gasteiger partial charge in [-0.15, -0.1) is 0 Å². The molecule has 3 heterocycles. The van der Waals surface area contributed by atoms with E-state index in [4.69, 9.17) is 16.2 Å². The molecule has 1 unspecified atom stereocenters. The first-order valence-electron chi connectivity index (χ1n) is 9.32. The molecule has 1 fully saturated rings. The van der Waals surface area contributed by atoms with Crippen molar-refractivity contribution < 1.29 is 9.13 Å². The summed E-state index contributed by atoms with van der Waals surface area (Å²) in [5.74, 6) is 0.667. The summed E-state index contributed by atoms with van der Waals surface area (Å²) < 4.78 is 21.2. The van der Waals surface area contributed by atoms with Crippen LogP contribution in [-0.2, 0) is 4.74 Å². The summed E-state index contributed by atoms with van der Waals surface area (Å²) in [4.78, 5) is 11.0. The van der Waals surface area contributed by atoms with Crippen molar-refractivity contribution in [2.75, 3.05) is 23.7 Å². The van der Waals surface area contributed by atoms with Crippen molar-refractivity contribution in [3.63, 3.8) is 0 Å². The number of nitrogens with two attached hydrogens (primary N) is 2. The smallest absolute Gasteiger partial charge is 0.211 e. The third-order valence-electron chi connectivity index (χ3n) is 4.62. The third kappa shape index (κ3) is 4.30. The SMILES string of the molecule is C=C/C(F)=C\N=C(O[C@@H](C)CCN)C1CCCN1c1ccn2ncc(N)c2n1. The first-order valence-corrected chi connectivity index (χ1v) is 9.32. The number of nitrogens with zero attached hydrogens (tertiary/aromatic N) is 5. The molecule has 0 amide bonds. The van der Waals surface area contributed by atoms with Crippen LogP contribution in [0.15, 0.2) is 48.1 Å². The molecular formula is C19H26FN7O. The van der Waals surface area contributed by atoms with Gasteiger partial charge in [0.05, 0.1) is 24.2 Å². The molecule has 8 nitrogen and oxygen atoms in total. The molecule has 1 aliphatic rings. The number of aromatic nitrogens is 3. The monoisotopic (exact) mass is 387 g/mol. The molecule has 0 radical (unpaired) electrons. The van der Waals surface area contributed by atoms with Crippen LogP contribution in [-0.4, -0.2) is 45.7 Å². The summed E-state index contributed by atoms with van der Waals surface area (Å²) in [7, 11) is 0. The van der Waals surface area contributed by atoms with Gasteiger partial charge < -0.3 is 21.1 Å². The number of allylic oxidation sites excluding steroid dienone is 2. The first kappa shape index (κ1) is 19.8. The second-order valence-corrected chi connectivity index (χ2v) is 6.70. The van der Waals surface area contributed by atoms with Gasteiger partial charge in [0.15, 0.2) is 5.65 Å². The predicted molar refractivity (Wildman–Crippen MR) is 109 cm³/mol. The quantitative estimate of drug-likeness (QED) is 0.429. The van der Waals surface area contributed by atoms with Crippen LogP contribution in [0.2, 0.25) is 0 Å². The molecular weight excluding hydrogens is 361 g/mol. The van der Waals surface area contributed by atoms with Crippen molar-refractivity contribution in [1.29, 1.82) is 0 Å². The number of halogens is 1. The summed E-state index contributed by atoms with van der Waals surface area (Å²) >= 11 is 0. The van der Waals surface area contributed by atoms with E-state index in [-0.39, 0.29) is 12.1 Å². The Balaban J connectivity index is 1.92. The average molecular weight is 387 g/mol. The Labute approximate surface area is 163 Å². The number of aliphatic imine (C=N–C) groups is 1. The normalized spacial score (nSPS) is 19.2. The Morgan fingerprint density at radius 2 is 2.39 bits per heavy atom. The fraction of sp³-hybridized carbons (Fsp3) is 0.421. The van der Waals surface area contributed by atoms with Gasteiger partial charge in [-0.2, -0.15) is 5.10 Å². The lowest BCUT2D eigenvalue weighted by molar-refractivity contribution is 0.191. The van der Waals surface area contributed by atoms with E-state index in [0.717, 1.165) is 37.5 Å². The Bertz CT molecular complexity index is 892. The minimum absolute atomic E-state index is 0.132. The highest BCUT2D eigenvalue weighted by atomic mass is 19.1. The van der Waals surface area contributed by atoms with Gasteiger partial charge >= 0.3 is 0 Å². The molecule has 2 aromatic heterocycles.